The normalized spacial score (nSPS) is 18.2. The number of rotatable bonds is 3. The Kier molecular flexibility index (Phi) is 4.01. The van der Waals surface area contributed by atoms with Crippen LogP contribution in [0, 0.1) is 5.82 Å². The first-order chi connectivity index (χ1) is 10.1. The molecular weight excluding hydrogens is 309 g/mol. The minimum absolute atomic E-state index is 0.223. The summed E-state index contributed by atoms with van der Waals surface area (Å²) in [6.07, 6.45) is 0.646. The van der Waals surface area contributed by atoms with Crippen LogP contribution in [0.5, 0.6) is 0 Å². The highest BCUT2D eigenvalue weighted by Crippen LogP contribution is 2.38. The van der Waals surface area contributed by atoms with E-state index < -0.39 is 10.0 Å². The van der Waals surface area contributed by atoms with Gasteiger partial charge in [0.15, 0.2) is 0 Å². The molecule has 1 aliphatic rings. The quantitative estimate of drug-likeness (QED) is 0.942. The second-order valence-electron chi connectivity index (χ2n) is 4.78. The number of nitrogens with one attached hydrogen (secondary N) is 1. The van der Waals surface area contributed by atoms with Crippen molar-refractivity contribution in [3.8, 4) is 0 Å². The SMILES string of the molecule is O=S(=O)(NC1CCSc2c(F)cccc21)c1ccccc1. The molecule has 0 saturated carbocycles. The van der Waals surface area contributed by atoms with E-state index in [4.69, 9.17) is 0 Å². The first-order valence-corrected chi connectivity index (χ1v) is 9.03. The molecule has 2 aromatic carbocycles. The summed E-state index contributed by atoms with van der Waals surface area (Å²) in [5.74, 6) is 0.400. The van der Waals surface area contributed by atoms with Crippen LogP contribution in [0.4, 0.5) is 4.39 Å². The van der Waals surface area contributed by atoms with Crippen LogP contribution in [0.3, 0.4) is 0 Å². The summed E-state index contributed by atoms with van der Waals surface area (Å²) >= 11 is 1.43. The van der Waals surface area contributed by atoms with Gasteiger partial charge in [-0.2, -0.15) is 0 Å². The lowest BCUT2D eigenvalue weighted by molar-refractivity contribution is 0.533. The highest BCUT2D eigenvalue weighted by molar-refractivity contribution is 7.99. The highest BCUT2D eigenvalue weighted by atomic mass is 32.2. The van der Waals surface area contributed by atoms with Gasteiger partial charge in [0.05, 0.1) is 4.90 Å². The molecule has 1 atom stereocenters. The van der Waals surface area contributed by atoms with E-state index in [1.165, 1.54) is 17.8 Å². The summed E-state index contributed by atoms with van der Waals surface area (Å²) in [7, 11) is -3.60. The molecule has 0 amide bonds. The molecule has 0 aliphatic carbocycles. The number of hydrogen-bond donors (Lipinski definition) is 1. The van der Waals surface area contributed by atoms with E-state index in [9.17, 15) is 12.8 Å². The van der Waals surface area contributed by atoms with Crippen molar-refractivity contribution in [2.75, 3.05) is 5.75 Å². The molecule has 0 radical (unpaired) electrons. The summed E-state index contributed by atoms with van der Waals surface area (Å²) in [4.78, 5) is 0.769. The maximum absolute atomic E-state index is 13.8. The molecule has 1 aliphatic heterocycles. The standard InChI is InChI=1S/C15H14FNO2S2/c16-13-8-4-7-12-14(9-10-20-15(12)13)17-21(18,19)11-5-2-1-3-6-11/h1-8,14,17H,9-10H2. The zero-order chi connectivity index (χ0) is 14.9. The Bertz CT molecular complexity index is 748. The lowest BCUT2D eigenvalue weighted by Crippen LogP contribution is -2.31. The van der Waals surface area contributed by atoms with Crippen LogP contribution in [0.1, 0.15) is 18.0 Å². The molecule has 0 fully saturated rings. The van der Waals surface area contributed by atoms with E-state index >= 15 is 0 Å². The third-order valence-electron chi connectivity index (χ3n) is 3.38. The van der Waals surface area contributed by atoms with Crippen molar-refractivity contribution in [1.82, 2.24) is 4.72 Å². The van der Waals surface area contributed by atoms with Crippen molar-refractivity contribution in [3.05, 3.63) is 59.9 Å². The van der Waals surface area contributed by atoms with Crippen LogP contribution in [0.25, 0.3) is 0 Å². The van der Waals surface area contributed by atoms with Gasteiger partial charge < -0.3 is 0 Å². The predicted molar refractivity (Wildman–Crippen MR) is 81.2 cm³/mol. The van der Waals surface area contributed by atoms with Gasteiger partial charge in [0.2, 0.25) is 10.0 Å². The van der Waals surface area contributed by atoms with Crippen molar-refractivity contribution >= 4 is 21.8 Å². The lowest BCUT2D eigenvalue weighted by atomic mass is 10.0. The number of fused-ring (bicyclic) bond motifs is 1. The van der Waals surface area contributed by atoms with Crippen molar-refractivity contribution in [3.63, 3.8) is 0 Å². The maximum Gasteiger partial charge on any atom is 0.241 e. The summed E-state index contributed by atoms with van der Waals surface area (Å²) in [5.41, 5.74) is 0.714. The zero-order valence-electron chi connectivity index (χ0n) is 11.1. The minimum atomic E-state index is -3.60. The van der Waals surface area contributed by atoms with Gasteiger partial charge in [-0.3, -0.25) is 0 Å². The second-order valence-corrected chi connectivity index (χ2v) is 7.60. The molecular formula is C15H14FNO2S2. The van der Waals surface area contributed by atoms with Crippen molar-refractivity contribution in [2.45, 2.75) is 22.3 Å². The van der Waals surface area contributed by atoms with Gasteiger partial charge in [0, 0.05) is 10.9 Å². The Morgan fingerprint density at radius 2 is 1.86 bits per heavy atom. The van der Waals surface area contributed by atoms with E-state index in [0.717, 1.165) is 0 Å². The summed E-state index contributed by atoms with van der Waals surface area (Å²) in [5, 5.41) is 0. The third-order valence-corrected chi connectivity index (χ3v) is 6.02. The first kappa shape index (κ1) is 14.6. The fraction of sp³-hybridized carbons (Fsp3) is 0.200. The van der Waals surface area contributed by atoms with Gasteiger partial charge in [-0.15, -0.1) is 11.8 Å². The average Bonchev–Trinajstić information content (AvgIpc) is 2.49. The summed E-state index contributed by atoms with van der Waals surface area (Å²) in [6.45, 7) is 0. The van der Waals surface area contributed by atoms with Gasteiger partial charge in [-0.25, -0.2) is 17.5 Å². The number of benzene rings is 2. The maximum atomic E-state index is 13.8. The molecule has 1 unspecified atom stereocenters. The third kappa shape index (κ3) is 2.97. The fourth-order valence-corrected chi connectivity index (χ4v) is 4.78. The van der Waals surface area contributed by atoms with E-state index in [1.807, 2.05) is 0 Å². The molecule has 0 spiro atoms. The first-order valence-electron chi connectivity index (χ1n) is 6.56. The second kappa shape index (κ2) is 5.79. The van der Waals surface area contributed by atoms with Crippen molar-refractivity contribution in [2.24, 2.45) is 0 Å². The molecule has 0 aromatic heterocycles. The van der Waals surface area contributed by atoms with E-state index in [2.05, 4.69) is 4.72 Å². The number of halogens is 1. The number of hydrogen-bond acceptors (Lipinski definition) is 3. The Hall–Kier alpha value is -1.37. The summed E-state index contributed by atoms with van der Waals surface area (Å²) < 4.78 is 41.3. The van der Waals surface area contributed by atoms with Gasteiger partial charge >= 0.3 is 0 Å². The minimum Gasteiger partial charge on any atom is -0.207 e. The predicted octanol–water partition coefficient (Wildman–Crippen LogP) is 3.34. The van der Waals surface area contributed by atoms with Crippen molar-refractivity contribution in [1.29, 1.82) is 0 Å². The summed E-state index contributed by atoms with van der Waals surface area (Å²) in [6, 6.07) is 12.6. The van der Waals surface area contributed by atoms with Gasteiger partial charge in [-0.05, 0) is 35.9 Å². The van der Waals surface area contributed by atoms with Crippen LogP contribution < -0.4 is 4.72 Å². The molecule has 2 aromatic rings. The van der Waals surface area contributed by atoms with Gasteiger partial charge in [-0.1, -0.05) is 30.3 Å². The van der Waals surface area contributed by atoms with Crippen LogP contribution in [-0.2, 0) is 10.0 Å². The Morgan fingerprint density at radius 1 is 1.10 bits per heavy atom. The average molecular weight is 323 g/mol. The molecule has 110 valence electrons. The van der Waals surface area contributed by atoms with Crippen LogP contribution in [0.15, 0.2) is 58.3 Å². The fourth-order valence-electron chi connectivity index (χ4n) is 2.36. The Morgan fingerprint density at radius 3 is 2.62 bits per heavy atom. The molecule has 0 bridgehead atoms. The molecule has 3 nitrogen and oxygen atoms in total. The highest BCUT2D eigenvalue weighted by Gasteiger charge is 2.27. The smallest absolute Gasteiger partial charge is 0.207 e. The number of thioether (sulfide) groups is 1. The molecule has 3 rings (SSSR count). The van der Waals surface area contributed by atoms with E-state index in [0.29, 0.717) is 22.6 Å². The topological polar surface area (TPSA) is 46.2 Å². The van der Waals surface area contributed by atoms with Crippen LogP contribution >= 0.6 is 11.8 Å². The lowest BCUT2D eigenvalue weighted by Gasteiger charge is -2.26. The van der Waals surface area contributed by atoms with Gasteiger partial charge in [0.25, 0.3) is 0 Å². The Balaban J connectivity index is 1.93. The largest absolute Gasteiger partial charge is 0.241 e. The van der Waals surface area contributed by atoms with Crippen molar-refractivity contribution < 1.29 is 12.8 Å². The van der Waals surface area contributed by atoms with E-state index in [1.54, 1.807) is 42.5 Å². The van der Waals surface area contributed by atoms with Gasteiger partial charge in [0.1, 0.15) is 5.82 Å². The molecule has 1 heterocycles. The van der Waals surface area contributed by atoms with Crippen LogP contribution in [0.2, 0.25) is 0 Å². The number of sulfonamides is 1. The monoisotopic (exact) mass is 323 g/mol. The zero-order valence-corrected chi connectivity index (χ0v) is 12.8. The molecule has 6 heteroatoms. The molecule has 1 N–H and O–H groups in total. The van der Waals surface area contributed by atoms with E-state index in [-0.39, 0.29) is 16.8 Å². The van der Waals surface area contributed by atoms with Crippen LogP contribution in [-0.4, -0.2) is 14.2 Å². The molecule has 21 heavy (non-hydrogen) atoms. The molecule has 0 saturated heterocycles. The Labute approximate surface area is 127 Å².